The van der Waals surface area contributed by atoms with Crippen LogP contribution in [0.15, 0.2) is 24.3 Å². The number of carbonyl (C=O) groups is 1. The normalized spacial score (nSPS) is 9.06. The fourth-order valence-corrected chi connectivity index (χ4v) is 1.25. The minimum Gasteiger partial charge on any atom is -0.384 e. The maximum Gasteiger partial charge on any atom is 0.315 e. The molecule has 1 aromatic rings. The first-order valence-electron chi connectivity index (χ1n) is 5.46. The second kappa shape index (κ2) is 7.31. The monoisotopic (exact) mass is 232 g/mol. The van der Waals surface area contributed by atoms with E-state index in [2.05, 4.69) is 22.5 Å². The molecule has 0 aliphatic rings. The topological polar surface area (TPSA) is 61.4 Å². The Bertz CT molecular complexity index is 415. The molecule has 4 nitrogen and oxygen atoms in total. The van der Waals surface area contributed by atoms with Gasteiger partial charge in [0.05, 0.1) is 0 Å². The number of carbonyl (C=O) groups excluding carboxylic acids is 1. The molecule has 0 atom stereocenters. The Kier molecular flexibility index (Phi) is 5.62. The zero-order chi connectivity index (χ0) is 12.5. The van der Waals surface area contributed by atoms with Crippen LogP contribution in [-0.2, 0) is 6.54 Å². The highest BCUT2D eigenvalue weighted by atomic mass is 16.2. The minimum absolute atomic E-state index is 0.138. The van der Waals surface area contributed by atoms with Gasteiger partial charge in [-0.05, 0) is 24.6 Å². The predicted molar refractivity (Wildman–Crippen MR) is 66.3 cm³/mol. The molecule has 3 N–H and O–H groups in total. The van der Waals surface area contributed by atoms with Crippen molar-refractivity contribution in [1.82, 2.24) is 10.6 Å². The van der Waals surface area contributed by atoms with Crippen molar-refractivity contribution in [3.8, 4) is 11.8 Å². The molecule has 0 saturated carbocycles. The number of hydrogen-bond acceptors (Lipinski definition) is 2. The number of aliphatic hydroxyl groups excluding tert-OH is 1. The Hall–Kier alpha value is -1.99. The van der Waals surface area contributed by atoms with Crippen LogP contribution in [0.25, 0.3) is 0 Å². The predicted octanol–water partition coefficient (Wildman–Crippen LogP) is 0.849. The van der Waals surface area contributed by atoms with Crippen molar-refractivity contribution >= 4 is 6.03 Å². The zero-order valence-corrected chi connectivity index (χ0v) is 9.79. The molecular formula is C13H16N2O2. The molecule has 0 fully saturated rings. The van der Waals surface area contributed by atoms with E-state index in [-0.39, 0.29) is 12.6 Å². The highest BCUT2D eigenvalue weighted by Crippen LogP contribution is 2.02. The molecular weight excluding hydrogens is 216 g/mol. The maximum atomic E-state index is 11.2. The van der Waals surface area contributed by atoms with E-state index in [9.17, 15) is 4.79 Å². The fraction of sp³-hybridized carbons (Fsp3) is 0.308. The summed E-state index contributed by atoms with van der Waals surface area (Å²) < 4.78 is 0. The lowest BCUT2D eigenvalue weighted by molar-refractivity contribution is 0.241. The second-order valence-corrected chi connectivity index (χ2v) is 3.37. The van der Waals surface area contributed by atoms with Crippen molar-refractivity contribution in [2.24, 2.45) is 0 Å². The van der Waals surface area contributed by atoms with E-state index >= 15 is 0 Å². The van der Waals surface area contributed by atoms with E-state index in [0.717, 1.165) is 11.1 Å². The standard InChI is InChI=1S/C13H16N2O2/c1-2-14-13(17)15-10-12-7-5-11(6-8-12)4-3-9-16/h5-8,16H,2,9-10H2,1H3,(H2,14,15,17). The second-order valence-electron chi connectivity index (χ2n) is 3.37. The molecule has 2 amide bonds. The lowest BCUT2D eigenvalue weighted by atomic mass is 10.1. The number of urea groups is 1. The van der Waals surface area contributed by atoms with Gasteiger partial charge in [-0.2, -0.15) is 0 Å². The lowest BCUT2D eigenvalue weighted by Gasteiger charge is -2.05. The van der Waals surface area contributed by atoms with E-state index in [1.807, 2.05) is 31.2 Å². The van der Waals surface area contributed by atoms with Gasteiger partial charge >= 0.3 is 6.03 Å². The highest BCUT2D eigenvalue weighted by Gasteiger charge is 1.97. The Morgan fingerprint density at radius 1 is 1.29 bits per heavy atom. The van der Waals surface area contributed by atoms with Gasteiger partial charge in [0.15, 0.2) is 0 Å². The quantitative estimate of drug-likeness (QED) is 0.677. The van der Waals surface area contributed by atoms with Crippen LogP contribution in [0.3, 0.4) is 0 Å². The van der Waals surface area contributed by atoms with Gasteiger partial charge in [0.1, 0.15) is 6.61 Å². The summed E-state index contributed by atoms with van der Waals surface area (Å²) in [6.45, 7) is 2.83. The SMILES string of the molecule is CCNC(=O)NCc1ccc(C#CCO)cc1. The van der Waals surface area contributed by atoms with Gasteiger partial charge < -0.3 is 15.7 Å². The van der Waals surface area contributed by atoms with Crippen molar-refractivity contribution in [3.63, 3.8) is 0 Å². The van der Waals surface area contributed by atoms with Crippen LogP contribution in [0.5, 0.6) is 0 Å². The average molecular weight is 232 g/mol. The summed E-state index contributed by atoms with van der Waals surface area (Å²) in [7, 11) is 0. The summed E-state index contributed by atoms with van der Waals surface area (Å²) in [6, 6.07) is 7.34. The molecule has 1 aromatic carbocycles. The van der Waals surface area contributed by atoms with E-state index in [1.54, 1.807) is 0 Å². The molecule has 0 unspecified atom stereocenters. The summed E-state index contributed by atoms with van der Waals surface area (Å²) in [5.41, 5.74) is 1.85. The summed E-state index contributed by atoms with van der Waals surface area (Å²) in [4.78, 5) is 11.2. The summed E-state index contributed by atoms with van der Waals surface area (Å²) in [5.74, 6) is 5.38. The first kappa shape index (κ1) is 13.1. The Morgan fingerprint density at radius 2 is 2.00 bits per heavy atom. The van der Waals surface area contributed by atoms with Crippen LogP contribution in [0.4, 0.5) is 4.79 Å². The minimum atomic E-state index is -0.170. The average Bonchev–Trinajstić information content (AvgIpc) is 2.35. The molecule has 90 valence electrons. The zero-order valence-electron chi connectivity index (χ0n) is 9.79. The van der Waals surface area contributed by atoms with Crippen molar-refractivity contribution in [2.75, 3.05) is 13.2 Å². The number of nitrogens with one attached hydrogen (secondary N) is 2. The van der Waals surface area contributed by atoms with Gasteiger partial charge in [-0.1, -0.05) is 24.0 Å². The van der Waals surface area contributed by atoms with Gasteiger partial charge in [-0.25, -0.2) is 4.79 Å². The van der Waals surface area contributed by atoms with Gasteiger partial charge in [0.2, 0.25) is 0 Å². The van der Waals surface area contributed by atoms with Crippen molar-refractivity contribution in [2.45, 2.75) is 13.5 Å². The van der Waals surface area contributed by atoms with E-state index in [4.69, 9.17) is 5.11 Å². The highest BCUT2D eigenvalue weighted by molar-refractivity contribution is 5.73. The van der Waals surface area contributed by atoms with Crippen LogP contribution >= 0.6 is 0 Å². The summed E-state index contributed by atoms with van der Waals surface area (Å²) in [6.07, 6.45) is 0. The fourth-order valence-electron chi connectivity index (χ4n) is 1.25. The lowest BCUT2D eigenvalue weighted by Crippen LogP contribution is -2.34. The number of aliphatic hydroxyl groups is 1. The molecule has 0 spiro atoms. The first-order chi connectivity index (χ1) is 8.26. The molecule has 0 radical (unpaired) electrons. The number of hydrogen-bond donors (Lipinski definition) is 3. The van der Waals surface area contributed by atoms with Crippen LogP contribution < -0.4 is 10.6 Å². The molecule has 0 heterocycles. The smallest absolute Gasteiger partial charge is 0.315 e. The molecule has 1 rings (SSSR count). The number of rotatable bonds is 3. The molecule has 0 saturated heterocycles. The van der Waals surface area contributed by atoms with Crippen LogP contribution in [0, 0.1) is 11.8 Å². The van der Waals surface area contributed by atoms with Crippen LogP contribution in [0.1, 0.15) is 18.1 Å². The van der Waals surface area contributed by atoms with Crippen molar-refractivity contribution < 1.29 is 9.90 Å². The number of amides is 2. The summed E-state index contributed by atoms with van der Waals surface area (Å²) in [5, 5.41) is 13.9. The molecule has 0 aromatic heterocycles. The van der Waals surface area contributed by atoms with Crippen molar-refractivity contribution in [1.29, 1.82) is 0 Å². The van der Waals surface area contributed by atoms with Gasteiger partial charge in [0, 0.05) is 18.7 Å². The van der Waals surface area contributed by atoms with Gasteiger partial charge in [0.25, 0.3) is 0 Å². The van der Waals surface area contributed by atoms with Gasteiger partial charge in [-0.3, -0.25) is 0 Å². The number of benzene rings is 1. The first-order valence-corrected chi connectivity index (χ1v) is 5.46. The summed E-state index contributed by atoms with van der Waals surface area (Å²) >= 11 is 0. The maximum absolute atomic E-state index is 11.2. The molecule has 17 heavy (non-hydrogen) atoms. The molecule has 0 bridgehead atoms. The Labute approximate surface area is 101 Å². The largest absolute Gasteiger partial charge is 0.384 e. The van der Waals surface area contributed by atoms with Gasteiger partial charge in [-0.15, -0.1) is 0 Å². The van der Waals surface area contributed by atoms with E-state index < -0.39 is 0 Å². The molecule has 0 aliphatic heterocycles. The van der Waals surface area contributed by atoms with Crippen LogP contribution in [-0.4, -0.2) is 24.3 Å². The Morgan fingerprint density at radius 3 is 2.59 bits per heavy atom. The third-order valence-electron chi connectivity index (χ3n) is 2.06. The molecule has 0 aliphatic carbocycles. The van der Waals surface area contributed by atoms with Crippen molar-refractivity contribution in [3.05, 3.63) is 35.4 Å². The van der Waals surface area contributed by atoms with E-state index in [1.165, 1.54) is 0 Å². The van der Waals surface area contributed by atoms with E-state index in [0.29, 0.717) is 13.1 Å². The third-order valence-corrected chi connectivity index (χ3v) is 2.06. The Balaban J connectivity index is 2.48. The van der Waals surface area contributed by atoms with Crippen LogP contribution in [0.2, 0.25) is 0 Å². The third kappa shape index (κ3) is 5.05. The molecule has 4 heteroatoms.